The fourth-order valence-corrected chi connectivity index (χ4v) is 3.63. The number of hydrogen-bond acceptors (Lipinski definition) is 3. The van der Waals surface area contributed by atoms with Crippen molar-refractivity contribution in [3.63, 3.8) is 0 Å². The molecule has 3 unspecified atom stereocenters. The van der Waals surface area contributed by atoms with E-state index >= 15 is 0 Å². The van der Waals surface area contributed by atoms with Crippen LogP contribution in [0.25, 0.3) is 0 Å². The van der Waals surface area contributed by atoms with Crippen molar-refractivity contribution in [2.45, 2.75) is 58.5 Å². The molecule has 0 bridgehead atoms. The Balaban J connectivity index is 2.00. The molecule has 20 heavy (non-hydrogen) atoms. The van der Waals surface area contributed by atoms with Gasteiger partial charge in [-0.15, -0.1) is 0 Å². The lowest BCUT2D eigenvalue weighted by Gasteiger charge is -2.46. The maximum Gasteiger partial charge on any atom is 0.307 e. The third kappa shape index (κ3) is 2.82. The van der Waals surface area contributed by atoms with Crippen molar-refractivity contribution in [3.05, 3.63) is 0 Å². The van der Waals surface area contributed by atoms with Gasteiger partial charge in [0.1, 0.15) is 0 Å². The first-order valence-electron chi connectivity index (χ1n) is 7.60. The van der Waals surface area contributed by atoms with Gasteiger partial charge in [0, 0.05) is 6.04 Å². The lowest BCUT2D eigenvalue weighted by molar-refractivity contribution is -0.150. The minimum Gasteiger partial charge on any atom is -0.481 e. The maximum atomic E-state index is 12.2. The van der Waals surface area contributed by atoms with Gasteiger partial charge in [0.05, 0.1) is 12.0 Å². The zero-order valence-electron chi connectivity index (χ0n) is 12.6. The molecule has 2 fully saturated rings. The predicted molar refractivity (Wildman–Crippen MR) is 76.3 cm³/mol. The molecule has 1 amide bonds. The fourth-order valence-electron chi connectivity index (χ4n) is 3.63. The number of nitrogens with one attached hydrogen (secondary N) is 2. The monoisotopic (exact) mass is 282 g/mol. The Morgan fingerprint density at radius 3 is 2.50 bits per heavy atom. The molecule has 2 aliphatic rings. The molecule has 3 N–H and O–H groups in total. The van der Waals surface area contributed by atoms with E-state index in [0.717, 1.165) is 25.8 Å². The van der Waals surface area contributed by atoms with Gasteiger partial charge in [0.15, 0.2) is 0 Å². The van der Waals surface area contributed by atoms with Crippen LogP contribution in [0.2, 0.25) is 0 Å². The number of carboxylic acids is 1. The van der Waals surface area contributed by atoms with E-state index in [1.807, 2.05) is 13.8 Å². The summed E-state index contributed by atoms with van der Waals surface area (Å²) in [5, 5.41) is 15.7. The Kier molecular flexibility index (Phi) is 4.37. The van der Waals surface area contributed by atoms with Gasteiger partial charge in [-0.25, -0.2) is 0 Å². The Bertz CT molecular complexity index is 389. The minimum atomic E-state index is -0.718. The van der Waals surface area contributed by atoms with Crippen LogP contribution in [0.4, 0.5) is 0 Å². The van der Waals surface area contributed by atoms with Gasteiger partial charge in [0.25, 0.3) is 0 Å². The van der Waals surface area contributed by atoms with Crippen molar-refractivity contribution in [2.75, 3.05) is 6.54 Å². The fraction of sp³-hybridized carbons (Fsp3) is 0.867. The quantitative estimate of drug-likeness (QED) is 0.731. The van der Waals surface area contributed by atoms with E-state index in [9.17, 15) is 14.7 Å². The summed E-state index contributed by atoms with van der Waals surface area (Å²) in [7, 11) is 0. The number of amides is 1. The lowest BCUT2D eigenvalue weighted by Crippen LogP contribution is -2.54. The van der Waals surface area contributed by atoms with Gasteiger partial charge in [-0.1, -0.05) is 20.8 Å². The summed E-state index contributed by atoms with van der Waals surface area (Å²) in [4.78, 5) is 23.6. The number of hydrogen-bond donors (Lipinski definition) is 3. The van der Waals surface area contributed by atoms with Gasteiger partial charge in [0.2, 0.25) is 5.91 Å². The zero-order chi connectivity index (χ0) is 14.9. The summed E-state index contributed by atoms with van der Waals surface area (Å²) in [6, 6.07) is 0.0120. The van der Waals surface area contributed by atoms with Crippen LogP contribution in [0.15, 0.2) is 0 Å². The second-order valence-electron chi connectivity index (χ2n) is 6.84. The lowest BCUT2D eigenvalue weighted by atomic mass is 9.61. The molecule has 0 aromatic carbocycles. The van der Waals surface area contributed by atoms with E-state index in [1.165, 1.54) is 0 Å². The van der Waals surface area contributed by atoms with Crippen molar-refractivity contribution in [1.29, 1.82) is 0 Å². The zero-order valence-corrected chi connectivity index (χ0v) is 12.6. The number of carbonyl (C=O) groups is 2. The highest BCUT2D eigenvalue weighted by Crippen LogP contribution is 2.45. The second-order valence-corrected chi connectivity index (χ2v) is 6.84. The molecular formula is C15H26N2O3. The summed E-state index contributed by atoms with van der Waals surface area (Å²) >= 11 is 0. The van der Waals surface area contributed by atoms with Gasteiger partial charge >= 0.3 is 5.97 Å². The van der Waals surface area contributed by atoms with E-state index in [4.69, 9.17) is 0 Å². The summed E-state index contributed by atoms with van der Waals surface area (Å²) in [6.07, 6.45) is 3.33. The molecule has 114 valence electrons. The Labute approximate surface area is 120 Å². The molecule has 0 radical (unpaired) electrons. The van der Waals surface area contributed by atoms with E-state index < -0.39 is 5.97 Å². The molecule has 2 rings (SSSR count). The molecule has 1 aliphatic heterocycles. The average Bonchev–Trinajstić information content (AvgIpc) is 2.88. The Morgan fingerprint density at radius 1 is 1.25 bits per heavy atom. The molecule has 1 aliphatic carbocycles. The Hall–Kier alpha value is -1.10. The molecule has 5 nitrogen and oxygen atoms in total. The van der Waals surface area contributed by atoms with Crippen LogP contribution in [0.1, 0.15) is 46.5 Å². The van der Waals surface area contributed by atoms with Crippen molar-refractivity contribution in [3.8, 4) is 0 Å². The second kappa shape index (κ2) is 5.72. The first-order chi connectivity index (χ1) is 9.34. The molecule has 1 heterocycles. The normalized spacial score (nSPS) is 36.5. The van der Waals surface area contributed by atoms with Crippen molar-refractivity contribution >= 4 is 11.9 Å². The van der Waals surface area contributed by atoms with E-state index in [2.05, 4.69) is 17.6 Å². The molecule has 1 saturated carbocycles. The predicted octanol–water partition coefficient (Wildman–Crippen LogP) is 1.38. The average molecular weight is 282 g/mol. The van der Waals surface area contributed by atoms with Gasteiger partial charge < -0.3 is 15.7 Å². The number of carbonyl (C=O) groups excluding carboxylic acids is 1. The SMILES string of the molecule is CC1C(NC(=O)[C@@H]2CCCN2)CCC(C(=O)O)C1(C)C. The summed E-state index contributed by atoms with van der Waals surface area (Å²) in [5.74, 6) is -0.814. The highest BCUT2D eigenvalue weighted by atomic mass is 16.4. The molecule has 1 saturated heterocycles. The maximum absolute atomic E-state index is 12.2. The Morgan fingerprint density at radius 2 is 1.95 bits per heavy atom. The van der Waals surface area contributed by atoms with Crippen molar-refractivity contribution in [2.24, 2.45) is 17.3 Å². The minimum absolute atomic E-state index is 0.0671. The first kappa shape index (κ1) is 15.3. The molecule has 0 spiro atoms. The molecular weight excluding hydrogens is 256 g/mol. The van der Waals surface area contributed by atoms with Gasteiger partial charge in [-0.05, 0) is 43.6 Å². The molecule has 5 heteroatoms. The van der Waals surface area contributed by atoms with Gasteiger partial charge in [-0.3, -0.25) is 9.59 Å². The summed E-state index contributed by atoms with van der Waals surface area (Å²) < 4.78 is 0. The first-order valence-corrected chi connectivity index (χ1v) is 7.60. The third-order valence-electron chi connectivity index (χ3n) is 5.44. The van der Waals surface area contributed by atoms with Crippen molar-refractivity contribution in [1.82, 2.24) is 10.6 Å². The summed E-state index contributed by atoms with van der Waals surface area (Å²) in [5.41, 5.74) is -0.300. The van der Waals surface area contributed by atoms with Crippen LogP contribution in [-0.4, -0.2) is 35.6 Å². The molecule has 0 aromatic rings. The van der Waals surface area contributed by atoms with Crippen LogP contribution >= 0.6 is 0 Å². The smallest absolute Gasteiger partial charge is 0.307 e. The van der Waals surface area contributed by atoms with Crippen LogP contribution in [0.3, 0.4) is 0 Å². The van der Waals surface area contributed by atoms with E-state index in [0.29, 0.717) is 6.42 Å². The number of rotatable bonds is 3. The largest absolute Gasteiger partial charge is 0.481 e. The summed E-state index contributed by atoms with van der Waals surface area (Å²) in [6.45, 7) is 6.97. The van der Waals surface area contributed by atoms with E-state index in [1.54, 1.807) is 0 Å². The number of carboxylic acid groups (broad SMARTS) is 1. The van der Waals surface area contributed by atoms with Crippen LogP contribution in [0.5, 0.6) is 0 Å². The van der Waals surface area contributed by atoms with Crippen LogP contribution in [-0.2, 0) is 9.59 Å². The molecule has 4 atom stereocenters. The van der Waals surface area contributed by atoms with E-state index in [-0.39, 0.29) is 35.2 Å². The van der Waals surface area contributed by atoms with Gasteiger partial charge in [-0.2, -0.15) is 0 Å². The molecule has 0 aromatic heterocycles. The van der Waals surface area contributed by atoms with Crippen LogP contribution < -0.4 is 10.6 Å². The highest BCUT2D eigenvalue weighted by Gasteiger charge is 2.46. The third-order valence-corrected chi connectivity index (χ3v) is 5.44. The topological polar surface area (TPSA) is 78.4 Å². The van der Waals surface area contributed by atoms with Crippen LogP contribution in [0, 0.1) is 17.3 Å². The number of aliphatic carboxylic acids is 1. The van der Waals surface area contributed by atoms with Crippen molar-refractivity contribution < 1.29 is 14.7 Å². The highest BCUT2D eigenvalue weighted by molar-refractivity contribution is 5.82. The standard InChI is InChI=1S/C15H26N2O3/c1-9-11(17-13(18)12-5-4-8-16-12)7-6-10(14(19)20)15(9,2)3/h9-12,16H,4-8H2,1-3H3,(H,17,18)(H,19,20)/t9?,10?,11?,12-/m0/s1.